The number of halogens is 1. The van der Waals surface area contributed by atoms with Crippen LogP contribution < -0.4 is 5.32 Å². The molecule has 0 bridgehead atoms. The van der Waals surface area contributed by atoms with Crippen LogP contribution in [0.5, 0.6) is 0 Å². The lowest BCUT2D eigenvalue weighted by Gasteiger charge is -2.44. The zero-order valence-corrected chi connectivity index (χ0v) is 20.2. The second kappa shape index (κ2) is 9.98. The van der Waals surface area contributed by atoms with Crippen LogP contribution in [0.2, 0.25) is 5.15 Å². The quantitative estimate of drug-likeness (QED) is 0.490. The van der Waals surface area contributed by atoms with E-state index in [1.54, 1.807) is 36.1 Å². The number of nitrogens with zero attached hydrogens (tertiary/aromatic N) is 4. The average molecular weight is 492 g/mol. The van der Waals surface area contributed by atoms with Crippen molar-refractivity contribution in [2.75, 3.05) is 25.9 Å². The summed E-state index contributed by atoms with van der Waals surface area (Å²) >= 11 is 6.33. The molecule has 0 unspecified atom stereocenters. The minimum Gasteiger partial charge on any atom is -0.351 e. The summed E-state index contributed by atoms with van der Waals surface area (Å²) in [6.45, 7) is 7.96. The van der Waals surface area contributed by atoms with Gasteiger partial charge in [0.25, 0.3) is 5.91 Å². The molecule has 3 heterocycles. The van der Waals surface area contributed by atoms with Crippen molar-refractivity contribution < 1.29 is 18.0 Å². The molecule has 0 aliphatic carbocycles. The topological polar surface area (TPSA) is 113 Å². The van der Waals surface area contributed by atoms with Crippen LogP contribution in [0, 0.1) is 0 Å². The van der Waals surface area contributed by atoms with Gasteiger partial charge in [-0.25, -0.2) is 13.4 Å². The molecule has 0 aromatic carbocycles. The highest BCUT2D eigenvalue weighted by Gasteiger charge is 2.40. The number of aromatic nitrogens is 2. The Morgan fingerprint density at radius 2 is 2.03 bits per heavy atom. The van der Waals surface area contributed by atoms with Crippen LogP contribution >= 0.6 is 11.6 Å². The summed E-state index contributed by atoms with van der Waals surface area (Å²) in [6, 6.07) is 5.48. The molecule has 0 saturated carbocycles. The molecule has 1 aliphatic heterocycles. The number of piperazine rings is 1. The molecule has 1 N–H and O–H groups in total. The molecule has 9 nitrogen and oxygen atoms in total. The lowest BCUT2D eigenvalue weighted by Crippen LogP contribution is -2.56. The highest BCUT2D eigenvalue weighted by Crippen LogP contribution is 2.34. The van der Waals surface area contributed by atoms with Crippen molar-refractivity contribution in [1.29, 1.82) is 0 Å². The second-order valence-corrected chi connectivity index (χ2v) is 10.1. The second-order valence-electron chi connectivity index (χ2n) is 7.80. The van der Waals surface area contributed by atoms with Crippen LogP contribution in [0.3, 0.4) is 0 Å². The van der Waals surface area contributed by atoms with E-state index in [4.69, 9.17) is 11.6 Å². The molecule has 2 atom stereocenters. The lowest BCUT2D eigenvalue weighted by molar-refractivity contribution is -0.129. The van der Waals surface area contributed by atoms with E-state index in [2.05, 4.69) is 21.9 Å². The largest absolute Gasteiger partial charge is 0.351 e. The first-order valence-electron chi connectivity index (χ1n) is 10.4. The van der Waals surface area contributed by atoms with Gasteiger partial charge in [-0.2, -0.15) is 4.31 Å². The van der Waals surface area contributed by atoms with Crippen molar-refractivity contribution in [3.63, 3.8) is 0 Å². The molecule has 0 radical (unpaired) electrons. The smallest absolute Gasteiger partial charge is 0.269 e. The average Bonchev–Trinajstić information content (AvgIpc) is 2.77. The van der Waals surface area contributed by atoms with Crippen LogP contribution in [0.25, 0.3) is 11.3 Å². The Balaban J connectivity index is 2.08. The minimum absolute atomic E-state index is 0.141. The molecule has 176 valence electrons. The van der Waals surface area contributed by atoms with Gasteiger partial charge in [-0.15, -0.1) is 0 Å². The molecule has 2 aromatic rings. The lowest BCUT2D eigenvalue weighted by atomic mass is 10.0. The molecule has 2 aromatic heterocycles. The standard InChI is InChI=1S/C22H26ClN5O4S/c1-5-21(29)27-12-14(3)28(33(4,31)32)19(13-27)16-10-17(26-20(23)11-16)15-7-8-25-18(9-15)22(30)24-6-2/h5,7-11,14,19H,1,6,12-13H2,2-4H3,(H,24,30)/t14-,19+/m0/s1. The van der Waals surface area contributed by atoms with Gasteiger partial charge in [0.2, 0.25) is 15.9 Å². The van der Waals surface area contributed by atoms with Crippen LogP contribution in [0.15, 0.2) is 43.1 Å². The number of hydrogen-bond acceptors (Lipinski definition) is 6. The van der Waals surface area contributed by atoms with E-state index in [1.165, 1.54) is 16.6 Å². The number of amides is 2. The Labute approximate surface area is 198 Å². The summed E-state index contributed by atoms with van der Waals surface area (Å²) in [7, 11) is -3.60. The van der Waals surface area contributed by atoms with Gasteiger partial charge in [0.15, 0.2) is 0 Å². The fourth-order valence-electron chi connectivity index (χ4n) is 4.01. The Morgan fingerprint density at radius 3 is 2.67 bits per heavy atom. The fourth-order valence-corrected chi connectivity index (χ4v) is 5.60. The van der Waals surface area contributed by atoms with Crippen molar-refractivity contribution in [3.05, 3.63) is 59.5 Å². The Kier molecular flexibility index (Phi) is 7.51. The Morgan fingerprint density at radius 1 is 1.30 bits per heavy atom. The summed E-state index contributed by atoms with van der Waals surface area (Å²) in [5.74, 6) is -0.592. The number of carbonyl (C=O) groups is 2. The normalized spacial score (nSPS) is 19.2. The maximum absolute atomic E-state index is 12.6. The summed E-state index contributed by atoms with van der Waals surface area (Å²) in [5.41, 5.74) is 1.87. The zero-order valence-electron chi connectivity index (χ0n) is 18.7. The van der Waals surface area contributed by atoms with E-state index >= 15 is 0 Å². The van der Waals surface area contributed by atoms with Gasteiger partial charge in [0.1, 0.15) is 10.8 Å². The van der Waals surface area contributed by atoms with Gasteiger partial charge in [0.05, 0.1) is 18.0 Å². The number of rotatable bonds is 6. The molecule has 1 aliphatic rings. The van der Waals surface area contributed by atoms with Crippen LogP contribution in [-0.2, 0) is 14.8 Å². The van der Waals surface area contributed by atoms with Crippen molar-refractivity contribution in [3.8, 4) is 11.3 Å². The zero-order chi connectivity index (χ0) is 24.3. The third-order valence-electron chi connectivity index (χ3n) is 5.32. The molecule has 33 heavy (non-hydrogen) atoms. The number of nitrogens with one attached hydrogen (secondary N) is 1. The molecule has 1 saturated heterocycles. The van der Waals surface area contributed by atoms with Gasteiger partial charge >= 0.3 is 0 Å². The van der Waals surface area contributed by atoms with Crippen LogP contribution in [0.1, 0.15) is 35.9 Å². The molecule has 11 heteroatoms. The van der Waals surface area contributed by atoms with E-state index in [-0.39, 0.29) is 35.8 Å². The van der Waals surface area contributed by atoms with Gasteiger partial charge < -0.3 is 10.2 Å². The van der Waals surface area contributed by atoms with Crippen molar-refractivity contribution in [2.45, 2.75) is 25.9 Å². The summed E-state index contributed by atoms with van der Waals surface area (Å²) in [6.07, 6.45) is 3.86. The van der Waals surface area contributed by atoms with Crippen LogP contribution in [0.4, 0.5) is 0 Å². The van der Waals surface area contributed by atoms with E-state index in [0.29, 0.717) is 23.4 Å². The molecule has 0 spiro atoms. The van der Waals surface area contributed by atoms with Gasteiger partial charge in [-0.1, -0.05) is 18.2 Å². The van der Waals surface area contributed by atoms with Gasteiger partial charge in [0, 0.05) is 37.4 Å². The summed E-state index contributed by atoms with van der Waals surface area (Å²) < 4.78 is 26.7. The number of pyridine rings is 2. The Hall–Kier alpha value is -2.82. The van der Waals surface area contributed by atoms with Gasteiger partial charge in [-0.05, 0) is 49.8 Å². The van der Waals surface area contributed by atoms with Crippen molar-refractivity contribution >= 4 is 33.4 Å². The van der Waals surface area contributed by atoms with Crippen molar-refractivity contribution in [1.82, 2.24) is 24.5 Å². The molecule has 2 amide bonds. The first-order chi connectivity index (χ1) is 15.5. The van der Waals surface area contributed by atoms with Crippen molar-refractivity contribution in [2.24, 2.45) is 0 Å². The first-order valence-corrected chi connectivity index (χ1v) is 12.6. The summed E-state index contributed by atoms with van der Waals surface area (Å²) in [4.78, 5) is 34.5. The van der Waals surface area contributed by atoms with E-state index < -0.39 is 22.1 Å². The predicted octanol–water partition coefficient (Wildman–Crippen LogP) is 2.27. The Bertz CT molecular complexity index is 1190. The maximum Gasteiger partial charge on any atom is 0.269 e. The highest BCUT2D eigenvalue weighted by atomic mass is 35.5. The molecular formula is C22H26ClN5O4S. The fraction of sp³-hybridized carbons (Fsp3) is 0.364. The van der Waals surface area contributed by atoms with E-state index in [1.807, 2.05) is 6.92 Å². The maximum atomic E-state index is 12.6. The summed E-state index contributed by atoms with van der Waals surface area (Å²) in [5, 5.41) is 2.86. The third-order valence-corrected chi connectivity index (χ3v) is 6.89. The predicted molar refractivity (Wildman–Crippen MR) is 126 cm³/mol. The van der Waals surface area contributed by atoms with Crippen LogP contribution in [-0.4, -0.2) is 71.3 Å². The van der Waals surface area contributed by atoms with E-state index in [9.17, 15) is 18.0 Å². The minimum atomic E-state index is -3.60. The monoisotopic (exact) mass is 491 g/mol. The van der Waals surface area contributed by atoms with Gasteiger partial charge in [-0.3, -0.25) is 14.6 Å². The molecule has 1 fully saturated rings. The number of sulfonamides is 1. The SMILES string of the molecule is C=CC(=O)N1C[C@H](c2cc(Cl)nc(-c3ccnc(C(=O)NCC)c3)c2)N(S(C)(=O)=O)[C@@H](C)C1. The number of carbonyl (C=O) groups excluding carboxylic acids is 2. The molecule has 3 rings (SSSR count). The third kappa shape index (κ3) is 5.58. The first kappa shape index (κ1) is 24.8. The highest BCUT2D eigenvalue weighted by molar-refractivity contribution is 7.88. The number of hydrogen-bond donors (Lipinski definition) is 1. The molecular weight excluding hydrogens is 466 g/mol. The van der Waals surface area contributed by atoms with E-state index in [0.717, 1.165) is 6.26 Å².